The van der Waals surface area contributed by atoms with E-state index in [0.29, 0.717) is 25.7 Å². The second kappa shape index (κ2) is 12.6. The summed E-state index contributed by atoms with van der Waals surface area (Å²) in [5.41, 5.74) is -0.501. The number of fused-ring (bicyclic) bond motifs is 5. The van der Waals surface area contributed by atoms with Crippen LogP contribution >= 0.6 is 0 Å². The Morgan fingerprint density at radius 2 is 1.61 bits per heavy atom. The molecule has 10 heteroatoms. The SMILES string of the molecule is COC(=O)COC(=O)CCC(=O)OC1CC2CC(O)CCC2(C)C2CC(O)C3(C)C(C(C)CCC(=O)O)CCC3C12. The summed E-state index contributed by atoms with van der Waals surface area (Å²) in [5, 5.41) is 31.6. The van der Waals surface area contributed by atoms with E-state index < -0.39 is 54.2 Å². The fraction of sp³-hybridized carbons (Fsp3) is 0.871. The van der Waals surface area contributed by atoms with Crippen LogP contribution in [0.15, 0.2) is 0 Å². The van der Waals surface area contributed by atoms with E-state index in [2.05, 4.69) is 25.5 Å². The Hall–Kier alpha value is -2.20. The number of rotatable bonds is 10. The molecule has 11 atom stereocenters. The van der Waals surface area contributed by atoms with E-state index >= 15 is 0 Å². The minimum Gasteiger partial charge on any atom is -0.481 e. The van der Waals surface area contributed by atoms with Crippen LogP contribution in [0.1, 0.15) is 91.4 Å². The summed E-state index contributed by atoms with van der Waals surface area (Å²) in [7, 11) is 1.19. The smallest absolute Gasteiger partial charge is 0.344 e. The molecule has 4 aliphatic carbocycles. The number of hydrogen-bond acceptors (Lipinski definition) is 9. The first-order valence-corrected chi connectivity index (χ1v) is 15.3. The first-order chi connectivity index (χ1) is 19.3. The predicted molar refractivity (Wildman–Crippen MR) is 146 cm³/mol. The van der Waals surface area contributed by atoms with E-state index in [4.69, 9.17) is 9.47 Å². The molecule has 0 aromatic rings. The van der Waals surface area contributed by atoms with Crippen LogP contribution in [0.4, 0.5) is 0 Å². The molecule has 4 saturated carbocycles. The minimum absolute atomic E-state index is 0.0341. The van der Waals surface area contributed by atoms with Gasteiger partial charge in [-0.15, -0.1) is 0 Å². The maximum absolute atomic E-state index is 13.1. The maximum atomic E-state index is 13.1. The lowest BCUT2D eigenvalue weighted by Crippen LogP contribution is -2.63. The van der Waals surface area contributed by atoms with Crippen molar-refractivity contribution in [3.05, 3.63) is 0 Å². The molecule has 4 fully saturated rings. The number of ether oxygens (including phenoxy) is 3. The van der Waals surface area contributed by atoms with Crippen molar-refractivity contribution in [1.82, 2.24) is 0 Å². The first kappa shape index (κ1) is 31.7. The lowest BCUT2D eigenvalue weighted by molar-refractivity contribution is -0.217. The molecule has 0 aromatic heterocycles. The van der Waals surface area contributed by atoms with Crippen molar-refractivity contribution in [2.75, 3.05) is 13.7 Å². The molecule has 41 heavy (non-hydrogen) atoms. The largest absolute Gasteiger partial charge is 0.481 e. The number of methoxy groups -OCH3 is 1. The van der Waals surface area contributed by atoms with E-state index in [1.165, 1.54) is 7.11 Å². The highest BCUT2D eigenvalue weighted by Crippen LogP contribution is 2.68. The zero-order chi connectivity index (χ0) is 30.1. The van der Waals surface area contributed by atoms with Crippen LogP contribution in [0.25, 0.3) is 0 Å². The third-order valence-electron chi connectivity index (χ3n) is 11.7. The van der Waals surface area contributed by atoms with E-state index in [9.17, 15) is 34.5 Å². The summed E-state index contributed by atoms with van der Waals surface area (Å²) in [5.74, 6) is -1.94. The van der Waals surface area contributed by atoms with Gasteiger partial charge in [0.2, 0.25) is 0 Å². The van der Waals surface area contributed by atoms with Crippen LogP contribution in [-0.4, -0.2) is 71.2 Å². The summed E-state index contributed by atoms with van der Waals surface area (Å²) in [6.07, 6.45) is 4.18. The monoisotopic (exact) mass is 580 g/mol. The van der Waals surface area contributed by atoms with Gasteiger partial charge in [0.1, 0.15) is 6.10 Å². The molecule has 0 amide bonds. The summed E-state index contributed by atoms with van der Waals surface area (Å²) >= 11 is 0. The van der Waals surface area contributed by atoms with Gasteiger partial charge in [-0.05, 0) is 91.8 Å². The molecule has 0 heterocycles. The zero-order valence-electron chi connectivity index (χ0n) is 24.9. The predicted octanol–water partition coefficient (Wildman–Crippen LogP) is 3.50. The van der Waals surface area contributed by atoms with Crippen LogP contribution in [0.3, 0.4) is 0 Å². The third-order valence-corrected chi connectivity index (χ3v) is 11.7. The molecule has 11 unspecified atom stereocenters. The van der Waals surface area contributed by atoms with Gasteiger partial charge in [-0.1, -0.05) is 20.8 Å². The summed E-state index contributed by atoms with van der Waals surface area (Å²) in [6, 6.07) is 0. The molecule has 4 rings (SSSR count). The van der Waals surface area contributed by atoms with Gasteiger partial charge in [0.05, 0.1) is 32.2 Å². The van der Waals surface area contributed by atoms with Crippen LogP contribution < -0.4 is 0 Å². The van der Waals surface area contributed by atoms with Crippen molar-refractivity contribution in [1.29, 1.82) is 0 Å². The molecule has 0 saturated heterocycles. The van der Waals surface area contributed by atoms with Gasteiger partial charge >= 0.3 is 23.9 Å². The molecule has 4 aliphatic rings. The van der Waals surface area contributed by atoms with Gasteiger partial charge in [0.15, 0.2) is 6.61 Å². The van der Waals surface area contributed by atoms with Gasteiger partial charge in [0, 0.05) is 12.3 Å². The number of esters is 3. The second-order valence-corrected chi connectivity index (χ2v) is 13.6. The number of aliphatic carboxylic acids is 1. The van der Waals surface area contributed by atoms with Crippen molar-refractivity contribution in [3.8, 4) is 0 Å². The fourth-order valence-corrected chi connectivity index (χ4v) is 9.48. The third kappa shape index (κ3) is 6.28. The van der Waals surface area contributed by atoms with Crippen molar-refractivity contribution in [2.45, 2.75) is 110 Å². The van der Waals surface area contributed by atoms with Gasteiger partial charge in [-0.2, -0.15) is 0 Å². The fourth-order valence-electron chi connectivity index (χ4n) is 9.48. The lowest BCUT2D eigenvalue weighted by Gasteiger charge is -2.63. The molecular formula is C31H48O10. The number of carboxylic acid groups (broad SMARTS) is 1. The maximum Gasteiger partial charge on any atom is 0.344 e. The number of carbonyl (C=O) groups is 4. The highest BCUT2D eigenvalue weighted by atomic mass is 16.6. The minimum atomic E-state index is -0.812. The summed E-state index contributed by atoms with van der Waals surface area (Å²) < 4.78 is 15.5. The number of carboxylic acids is 1. The standard InChI is InChI=1S/C31H48O10/c1-17(5-8-25(34)35)20-6-7-21-29-22(15-24(33)31(20,21)3)30(2)12-11-19(32)13-18(30)14-23(29)41-27(37)10-9-26(36)40-16-28(38)39-4/h17-24,29,32-33H,5-16H2,1-4H3,(H,34,35). The molecule has 0 bridgehead atoms. The molecule has 0 aromatic carbocycles. The van der Waals surface area contributed by atoms with Gasteiger partial charge in [-0.3, -0.25) is 14.4 Å². The van der Waals surface area contributed by atoms with Crippen molar-refractivity contribution < 1.29 is 48.7 Å². The Balaban J connectivity index is 1.54. The Morgan fingerprint density at radius 3 is 2.29 bits per heavy atom. The van der Waals surface area contributed by atoms with Crippen LogP contribution in [-0.2, 0) is 33.4 Å². The molecule has 0 aliphatic heterocycles. The molecule has 232 valence electrons. The number of hydrogen-bond donors (Lipinski definition) is 3. The van der Waals surface area contributed by atoms with Crippen molar-refractivity contribution in [3.63, 3.8) is 0 Å². The van der Waals surface area contributed by atoms with E-state index in [-0.39, 0.29) is 60.2 Å². The van der Waals surface area contributed by atoms with Gasteiger partial charge < -0.3 is 29.5 Å². The first-order valence-electron chi connectivity index (χ1n) is 15.3. The van der Waals surface area contributed by atoms with E-state index in [0.717, 1.165) is 25.7 Å². The van der Waals surface area contributed by atoms with Crippen molar-refractivity contribution >= 4 is 23.9 Å². The van der Waals surface area contributed by atoms with Gasteiger partial charge in [0.25, 0.3) is 0 Å². The Kier molecular flexibility index (Phi) is 9.73. The second-order valence-electron chi connectivity index (χ2n) is 13.6. The van der Waals surface area contributed by atoms with E-state index in [1.54, 1.807) is 0 Å². The highest BCUT2D eigenvalue weighted by Gasteiger charge is 2.66. The topological polar surface area (TPSA) is 157 Å². The summed E-state index contributed by atoms with van der Waals surface area (Å²) in [6.45, 7) is 6.03. The molecule has 0 radical (unpaired) electrons. The average Bonchev–Trinajstić information content (AvgIpc) is 3.29. The Bertz CT molecular complexity index is 997. The van der Waals surface area contributed by atoms with Crippen molar-refractivity contribution in [2.24, 2.45) is 46.3 Å². The Labute approximate surface area is 242 Å². The van der Waals surface area contributed by atoms with E-state index in [1.807, 2.05) is 0 Å². The number of aliphatic hydroxyl groups excluding tert-OH is 2. The summed E-state index contributed by atoms with van der Waals surface area (Å²) in [4.78, 5) is 47.6. The molecular weight excluding hydrogens is 532 g/mol. The highest BCUT2D eigenvalue weighted by molar-refractivity contribution is 5.80. The molecule has 10 nitrogen and oxygen atoms in total. The van der Waals surface area contributed by atoms with Crippen LogP contribution in [0.2, 0.25) is 0 Å². The normalized spacial score (nSPS) is 40.3. The van der Waals surface area contributed by atoms with Crippen LogP contribution in [0, 0.1) is 46.3 Å². The zero-order valence-corrected chi connectivity index (χ0v) is 24.9. The quantitative estimate of drug-likeness (QED) is 0.258. The molecule has 0 spiro atoms. The average molecular weight is 581 g/mol. The number of carbonyl (C=O) groups excluding carboxylic acids is 3. The Morgan fingerprint density at radius 1 is 0.902 bits per heavy atom. The lowest BCUT2D eigenvalue weighted by atomic mass is 9.43. The number of aliphatic hydroxyl groups is 2. The van der Waals surface area contributed by atoms with Crippen LogP contribution in [0.5, 0.6) is 0 Å². The molecule has 3 N–H and O–H groups in total. The van der Waals surface area contributed by atoms with Gasteiger partial charge in [-0.25, -0.2) is 4.79 Å².